The Balaban J connectivity index is 2.76. The third-order valence-electron chi connectivity index (χ3n) is 2.52. The van der Waals surface area contributed by atoms with Crippen LogP contribution in [0.15, 0.2) is 11.4 Å². The molecule has 1 aromatic rings. The largest absolute Gasteiger partial charge is 0.326 e. The number of rotatable bonds is 6. The van der Waals surface area contributed by atoms with E-state index in [1.807, 2.05) is 23.1 Å². The molecule has 15 heavy (non-hydrogen) atoms. The molecule has 3 heteroatoms. The van der Waals surface area contributed by atoms with Crippen LogP contribution in [0.1, 0.15) is 42.4 Å². The van der Waals surface area contributed by atoms with Gasteiger partial charge in [-0.3, -0.25) is 0 Å². The molecule has 1 rings (SSSR count). The minimum Gasteiger partial charge on any atom is -0.326 e. The number of nitrogens with two attached hydrogens (primary N) is 1. The number of aryl methyl sites for hydroxylation is 1. The Morgan fingerprint density at radius 3 is 2.67 bits per heavy atom. The number of hydrogen-bond acceptors (Lipinski definition) is 3. The Hall–Kier alpha value is 0.01000. The average molecular weight is 243 g/mol. The molecule has 1 nitrogen and oxygen atoms in total. The second-order valence-electron chi connectivity index (χ2n) is 3.83. The fraction of sp³-hybridized carbons (Fsp3) is 0.667. The smallest absolute Gasteiger partial charge is 0.0544 e. The molecule has 0 aromatic carbocycles. The molecule has 0 saturated carbocycles. The van der Waals surface area contributed by atoms with Gasteiger partial charge in [-0.25, -0.2) is 0 Å². The van der Waals surface area contributed by atoms with Crippen molar-refractivity contribution in [1.29, 1.82) is 0 Å². The van der Waals surface area contributed by atoms with Crippen molar-refractivity contribution in [3.63, 3.8) is 0 Å². The lowest BCUT2D eigenvalue weighted by Crippen LogP contribution is -2.25. The molecule has 1 aromatic heterocycles. The molecule has 0 spiro atoms. The van der Waals surface area contributed by atoms with Gasteiger partial charge >= 0.3 is 0 Å². The molecule has 0 radical (unpaired) electrons. The van der Waals surface area contributed by atoms with Gasteiger partial charge in [-0.1, -0.05) is 13.8 Å². The third-order valence-corrected chi connectivity index (χ3v) is 5.36. The third kappa shape index (κ3) is 3.51. The molecule has 0 amide bonds. The zero-order chi connectivity index (χ0) is 11.3. The summed E-state index contributed by atoms with van der Waals surface area (Å²) in [5.74, 6) is 1.20. The highest BCUT2D eigenvalue weighted by molar-refractivity contribution is 7.99. The molecule has 2 N–H and O–H groups in total. The summed E-state index contributed by atoms with van der Waals surface area (Å²) >= 11 is 3.86. The van der Waals surface area contributed by atoms with E-state index in [-0.39, 0.29) is 0 Å². The van der Waals surface area contributed by atoms with E-state index in [0.717, 1.165) is 6.42 Å². The summed E-state index contributed by atoms with van der Waals surface area (Å²) in [6, 6.07) is 2.49. The van der Waals surface area contributed by atoms with E-state index in [1.54, 1.807) is 0 Å². The van der Waals surface area contributed by atoms with Crippen LogP contribution in [0.4, 0.5) is 0 Å². The predicted octanol–water partition coefficient (Wildman–Crippen LogP) is 3.98. The van der Waals surface area contributed by atoms with Crippen molar-refractivity contribution in [2.24, 2.45) is 5.73 Å². The van der Waals surface area contributed by atoms with Gasteiger partial charge < -0.3 is 5.73 Å². The maximum atomic E-state index is 6.20. The Labute approximate surface area is 101 Å². The van der Waals surface area contributed by atoms with Crippen LogP contribution in [-0.4, -0.2) is 11.8 Å². The van der Waals surface area contributed by atoms with Crippen molar-refractivity contribution in [1.82, 2.24) is 0 Å². The summed E-state index contributed by atoms with van der Waals surface area (Å²) in [6.07, 6.45) is 2.28. The number of hydrogen-bond donors (Lipinski definition) is 1. The monoisotopic (exact) mass is 243 g/mol. The van der Waals surface area contributed by atoms with Crippen molar-refractivity contribution in [3.05, 3.63) is 21.9 Å². The van der Waals surface area contributed by atoms with Crippen LogP contribution in [0.25, 0.3) is 0 Å². The van der Waals surface area contributed by atoms with Crippen molar-refractivity contribution in [3.8, 4) is 0 Å². The molecule has 0 aliphatic carbocycles. The Kier molecular flexibility index (Phi) is 5.72. The van der Waals surface area contributed by atoms with Gasteiger partial charge in [0, 0.05) is 10.9 Å². The highest BCUT2D eigenvalue weighted by atomic mass is 32.2. The van der Waals surface area contributed by atoms with Gasteiger partial charge in [-0.15, -0.1) is 11.3 Å². The van der Waals surface area contributed by atoms with Crippen LogP contribution in [0.5, 0.6) is 0 Å². The Morgan fingerprint density at radius 1 is 1.47 bits per heavy atom. The lowest BCUT2D eigenvalue weighted by molar-refractivity contribution is 0.638. The normalized spacial score (nSPS) is 15.2. The van der Waals surface area contributed by atoms with Gasteiger partial charge in [0.2, 0.25) is 0 Å². The summed E-state index contributed by atoms with van der Waals surface area (Å²) in [6.45, 7) is 6.59. The summed E-state index contributed by atoms with van der Waals surface area (Å²) in [5.41, 5.74) is 7.60. The lowest BCUT2D eigenvalue weighted by Gasteiger charge is -2.22. The molecule has 0 saturated heterocycles. The molecule has 86 valence electrons. The quantitative estimate of drug-likeness (QED) is 0.818. The zero-order valence-electron chi connectivity index (χ0n) is 9.82. The molecule has 2 atom stereocenters. The van der Waals surface area contributed by atoms with E-state index in [2.05, 4.69) is 32.2 Å². The molecule has 0 aliphatic rings. The van der Waals surface area contributed by atoms with Crippen molar-refractivity contribution < 1.29 is 0 Å². The predicted molar refractivity (Wildman–Crippen MR) is 72.8 cm³/mol. The Bertz CT molecular complexity index is 283. The second kappa shape index (κ2) is 6.56. The first-order valence-electron chi connectivity index (χ1n) is 5.61. The van der Waals surface area contributed by atoms with Crippen molar-refractivity contribution >= 4 is 23.1 Å². The molecular formula is C12H21NS2. The van der Waals surface area contributed by atoms with E-state index >= 15 is 0 Å². The standard InChI is InChI=1S/C12H21NS2/c1-4-7-14-12(10(13)5-2)11-9(3)6-8-15-11/h6,8,10,12H,4-5,7,13H2,1-3H3. The first kappa shape index (κ1) is 13.1. The average Bonchev–Trinajstić information content (AvgIpc) is 2.65. The highest BCUT2D eigenvalue weighted by Gasteiger charge is 2.21. The number of thioether (sulfide) groups is 1. The van der Waals surface area contributed by atoms with Gasteiger partial charge in [-0.05, 0) is 42.5 Å². The molecule has 0 bridgehead atoms. The van der Waals surface area contributed by atoms with Crippen molar-refractivity contribution in [2.45, 2.75) is 44.9 Å². The van der Waals surface area contributed by atoms with E-state index in [9.17, 15) is 0 Å². The van der Waals surface area contributed by atoms with Crippen LogP contribution in [-0.2, 0) is 0 Å². The topological polar surface area (TPSA) is 26.0 Å². The summed E-state index contributed by atoms with van der Waals surface area (Å²) in [7, 11) is 0. The fourth-order valence-corrected chi connectivity index (χ4v) is 4.15. The molecule has 1 heterocycles. The van der Waals surface area contributed by atoms with Gasteiger partial charge in [0.05, 0.1) is 5.25 Å². The maximum absolute atomic E-state index is 6.20. The first-order valence-corrected chi connectivity index (χ1v) is 7.54. The second-order valence-corrected chi connectivity index (χ2v) is 6.03. The SMILES string of the molecule is CCCSC(c1sccc1C)C(N)CC. The fourth-order valence-electron chi connectivity index (χ4n) is 1.53. The van der Waals surface area contributed by atoms with Gasteiger partial charge in [0.25, 0.3) is 0 Å². The van der Waals surface area contributed by atoms with Crippen LogP contribution < -0.4 is 5.73 Å². The summed E-state index contributed by atoms with van der Waals surface area (Å²) in [5, 5.41) is 2.67. The van der Waals surface area contributed by atoms with Gasteiger partial charge in [0.1, 0.15) is 0 Å². The van der Waals surface area contributed by atoms with Crippen LogP contribution >= 0.6 is 23.1 Å². The van der Waals surface area contributed by atoms with Crippen molar-refractivity contribution in [2.75, 3.05) is 5.75 Å². The van der Waals surface area contributed by atoms with Crippen LogP contribution in [0.3, 0.4) is 0 Å². The molecule has 2 unspecified atom stereocenters. The van der Waals surface area contributed by atoms with Crippen LogP contribution in [0, 0.1) is 6.92 Å². The minimum atomic E-state index is 0.291. The molecule has 0 aliphatic heterocycles. The van der Waals surface area contributed by atoms with E-state index in [0.29, 0.717) is 11.3 Å². The van der Waals surface area contributed by atoms with E-state index in [1.165, 1.54) is 22.6 Å². The molecule has 0 fully saturated rings. The zero-order valence-corrected chi connectivity index (χ0v) is 11.5. The number of thiophene rings is 1. The van der Waals surface area contributed by atoms with Crippen LogP contribution in [0.2, 0.25) is 0 Å². The molecular weight excluding hydrogens is 222 g/mol. The van der Waals surface area contributed by atoms with Gasteiger partial charge in [0.15, 0.2) is 0 Å². The highest BCUT2D eigenvalue weighted by Crippen LogP contribution is 2.37. The Morgan fingerprint density at radius 2 is 2.20 bits per heavy atom. The summed E-state index contributed by atoms with van der Waals surface area (Å²) < 4.78 is 0. The lowest BCUT2D eigenvalue weighted by atomic mass is 10.1. The first-order chi connectivity index (χ1) is 7.20. The maximum Gasteiger partial charge on any atom is 0.0544 e. The minimum absolute atomic E-state index is 0.291. The van der Waals surface area contributed by atoms with E-state index in [4.69, 9.17) is 5.73 Å². The summed E-state index contributed by atoms with van der Waals surface area (Å²) in [4.78, 5) is 1.47. The van der Waals surface area contributed by atoms with Gasteiger partial charge in [-0.2, -0.15) is 11.8 Å². The van der Waals surface area contributed by atoms with E-state index < -0.39 is 0 Å².